The molecule has 76 valence electrons. The van der Waals surface area contributed by atoms with Crippen molar-refractivity contribution in [2.75, 3.05) is 13.2 Å². The van der Waals surface area contributed by atoms with Gasteiger partial charge in [-0.3, -0.25) is 14.9 Å². The van der Waals surface area contributed by atoms with Crippen LogP contribution in [-0.2, 0) is 19.1 Å². The third-order valence-corrected chi connectivity index (χ3v) is 2.17. The van der Waals surface area contributed by atoms with Crippen LogP contribution in [0.5, 0.6) is 0 Å². The van der Waals surface area contributed by atoms with Gasteiger partial charge in [-0.2, -0.15) is 0 Å². The number of hydrogen-bond donors (Lipinski definition) is 1. The van der Waals surface area contributed by atoms with E-state index in [1.165, 1.54) is 6.08 Å². The number of amides is 2. The molecule has 0 aromatic heterocycles. The predicted molar refractivity (Wildman–Crippen MR) is 46.2 cm³/mol. The van der Waals surface area contributed by atoms with Gasteiger partial charge in [-0.05, 0) is 6.42 Å². The van der Waals surface area contributed by atoms with Crippen molar-refractivity contribution in [3.8, 4) is 0 Å². The van der Waals surface area contributed by atoms with E-state index in [-0.39, 0.29) is 18.1 Å². The van der Waals surface area contributed by atoms with Crippen LogP contribution in [0, 0.1) is 0 Å². The van der Waals surface area contributed by atoms with Crippen LogP contribution in [0.1, 0.15) is 12.8 Å². The van der Waals surface area contributed by atoms with Crippen LogP contribution < -0.4 is 5.32 Å². The second-order valence-corrected chi connectivity index (χ2v) is 3.20. The summed E-state index contributed by atoms with van der Waals surface area (Å²) in [5, 5.41) is 2.19. The van der Waals surface area contributed by atoms with Gasteiger partial charge < -0.3 is 9.47 Å². The van der Waals surface area contributed by atoms with Crippen LogP contribution in [0.2, 0.25) is 0 Å². The molecule has 0 bridgehead atoms. The average molecular weight is 197 g/mol. The molecule has 0 spiro atoms. The SMILES string of the molecule is O=C1C=C(CCC2OCCO2)C(=O)N1. The largest absolute Gasteiger partial charge is 0.350 e. The molecule has 1 N–H and O–H groups in total. The lowest BCUT2D eigenvalue weighted by atomic mass is 10.1. The molecule has 14 heavy (non-hydrogen) atoms. The van der Waals surface area contributed by atoms with Crippen molar-refractivity contribution in [1.82, 2.24) is 5.32 Å². The smallest absolute Gasteiger partial charge is 0.254 e. The third-order valence-electron chi connectivity index (χ3n) is 2.17. The maximum absolute atomic E-state index is 11.1. The molecule has 0 aliphatic carbocycles. The van der Waals surface area contributed by atoms with E-state index in [0.29, 0.717) is 31.6 Å². The molecule has 5 nitrogen and oxygen atoms in total. The van der Waals surface area contributed by atoms with E-state index in [1.54, 1.807) is 0 Å². The molecule has 0 atom stereocenters. The fourth-order valence-electron chi connectivity index (χ4n) is 1.49. The zero-order valence-corrected chi connectivity index (χ0v) is 7.62. The quantitative estimate of drug-likeness (QED) is 0.632. The van der Waals surface area contributed by atoms with Gasteiger partial charge in [0.15, 0.2) is 6.29 Å². The van der Waals surface area contributed by atoms with Gasteiger partial charge in [0, 0.05) is 18.1 Å². The summed E-state index contributed by atoms with van der Waals surface area (Å²) in [6.07, 6.45) is 2.24. The Morgan fingerprint density at radius 2 is 2.07 bits per heavy atom. The molecular formula is C9H11NO4. The second kappa shape index (κ2) is 3.89. The van der Waals surface area contributed by atoms with E-state index in [2.05, 4.69) is 5.32 Å². The Morgan fingerprint density at radius 3 is 2.64 bits per heavy atom. The minimum atomic E-state index is -0.335. The summed E-state index contributed by atoms with van der Waals surface area (Å²) in [6.45, 7) is 1.21. The molecule has 2 aliphatic heterocycles. The number of carbonyl (C=O) groups is 2. The highest BCUT2D eigenvalue weighted by Crippen LogP contribution is 2.16. The van der Waals surface area contributed by atoms with Gasteiger partial charge in [0.05, 0.1) is 13.2 Å². The van der Waals surface area contributed by atoms with Gasteiger partial charge in [-0.1, -0.05) is 0 Å². The number of carbonyl (C=O) groups excluding carboxylic acids is 2. The number of nitrogens with one attached hydrogen (secondary N) is 1. The summed E-state index contributed by atoms with van der Waals surface area (Å²) in [5.41, 5.74) is 0.508. The molecule has 2 aliphatic rings. The van der Waals surface area contributed by atoms with E-state index < -0.39 is 0 Å². The molecule has 0 saturated carbocycles. The lowest BCUT2D eigenvalue weighted by Gasteiger charge is -2.07. The van der Waals surface area contributed by atoms with Crippen molar-refractivity contribution in [3.05, 3.63) is 11.6 Å². The second-order valence-electron chi connectivity index (χ2n) is 3.20. The minimum Gasteiger partial charge on any atom is -0.350 e. The fourth-order valence-corrected chi connectivity index (χ4v) is 1.49. The monoisotopic (exact) mass is 197 g/mol. The molecule has 0 unspecified atom stereocenters. The van der Waals surface area contributed by atoms with Crippen molar-refractivity contribution in [2.24, 2.45) is 0 Å². The Kier molecular flexibility index (Phi) is 2.60. The molecule has 2 heterocycles. The molecule has 1 saturated heterocycles. The summed E-state index contributed by atoms with van der Waals surface area (Å²) in [6, 6.07) is 0. The maximum atomic E-state index is 11.1. The first-order chi connectivity index (χ1) is 6.75. The highest BCUT2D eigenvalue weighted by molar-refractivity contribution is 6.16. The zero-order chi connectivity index (χ0) is 9.97. The molecule has 2 amide bonds. The summed E-state index contributed by atoms with van der Waals surface area (Å²) in [5.74, 6) is -0.633. The molecule has 1 fully saturated rings. The summed E-state index contributed by atoms with van der Waals surface area (Å²) < 4.78 is 10.4. The molecule has 0 radical (unpaired) electrons. The zero-order valence-electron chi connectivity index (χ0n) is 7.62. The summed E-state index contributed by atoms with van der Waals surface area (Å²) >= 11 is 0. The lowest BCUT2D eigenvalue weighted by molar-refractivity contribution is -0.123. The van der Waals surface area contributed by atoms with Gasteiger partial charge in [0.2, 0.25) is 0 Å². The van der Waals surface area contributed by atoms with Gasteiger partial charge in [0.1, 0.15) is 0 Å². The van der Waals surface area contributed by atoms with Gasteiger partial charge in [0.25, 0.3) is 11.8 Å². The Bertz CT molecular complexity index is 291. The molecule has 2 rings (SSSR count). The minimum absolute atomic E-state index is 0.223. The van der Waals surface area contributed by atoms with Crippen LogP contribution in [0.15, 0.2) is 11.6 Å². The van der Waals surface area contributed by atoms with Crippen LogP contribution in [0.4, 0.5) is 0 Å². The van der Waals surface area contributed by atoms with Crippen molar-refractivity contribution >= 4 is 11.8 Å². The van der Waals surface area contributed by atoms with Crippen molar-refractivity contribution in [3.63, 3.8) is 0 Å². The first-order valence-electron chi connectivity index (χ1n) is 4.55. The van der Waals surface area contributed by atoms with Gasteiger partial charge in [-0.15, -0.1) is 0 Å². The highest BCUT2D eigenvalue weighted by atomic mass is 16.7. The lowest BCUT2D eigenvalue weighted by Crippen LogP contribution is -2.22. The molecule has 0 aromatic carbocycles. The predicted octanol–water partition coefficient (Wildman–Crippen LogP) is -0.278. The average Bonchev–Trinajstić information content (AvgIpc) is 2.72. The van der Waals surface area contributed by atoms with Crippen LogP contribution in [-0.4, -0.2) is 31.3 Å². The summed E-state index contributed by atoms with van der Waals surface area (Å²) in [7, 11) is 0. The van der Waals surface area contributed by atoms with E-state index in [1.807, 2.05) is 0 Å². The first kappa shape index (κ1) is 9.36. The molecule has 0 aromatic rings. The molecule has 5 heteroatoms. The van der Waals surface area contributed by atoms with Crippen molar-refractivity contribution in [1.29, 1.82) is 0 Å². The Labute approximate surface area is 81.1 Å². The highest BCUT2D eigenvalue weighted by Gasteiger charge is 2.23. The number of rotatable bonds is 3. The Hall–Kier alpha value is -1.20. The van der Waals surface area contributed by atoms with Crippen LogP contribution in [0.3, 0.4) is 0 Å². The molecular weight excluding hydrogens is 186 g/mol. The van der Waals surface area contributed by atoms with E-state index in [0.717, 1.165) is 0 Å². The third kappa shape index (κ3) is 2.00. The van der Waals surface area contributed by atoms with Crippen LogP contribution >= 0.6 is 0 Å². The van der Waals surface area contributed by atoms with Gasteiger partial charge in [-0.25, -0.2) is 0 Å². The first-order valence-corrected chi connectivity index (χ1v) is 4.55. The topological polar surface area (TPSA) is 64.6 Å². The number of hydrogen-bond acceptors (Lipinski definition) is 4. The van der Waals surface area contributed by atoms with E-state index >= 15 is 0 Å². The van der Waals surface area contributed by atoms with Crippen molar-refractivity contribution in [2.45, 2.75) is 19.1 Å². The Balaban J connectivity index is 1.82. The number of ether oxygens (including phenoxy) is 2. The number of imide groups is 1. The van der Waals surface area contributed by atoms with Gasteiger partial charge >= 0.3 is 0 Å². The van der Waals surface area contributed by atoms with Crippen molar-refractivity contribution < 1.29 is 19.1 Å². The summed E-state index contributed by atoms with van der Waals surface area (Å²) in [4.78, 5) is 21.9. The van der Waals surface area contributed by atoms with Crippen LogP contribution in [0.25, 0.3) is 0 Å². The fraction of sp³-hybridized carbons (Fsp3) is 0.556. The Morgan fingerprint density at radius 1 is 1.36 bits per heavy atom. The maximum Gasteiger partial charge on any atom is 0.254 e. The standard InChI is InChI=1S/C9H11NO4/c11-7-5-6(9(12)10-7)1-2-8-13-3-4-14-8/h5,8H,1-4H2,(H,10,11,12). The normalized spacial score (nSPS) is 22.7. The van der Waals surface area contributed by atoms with E-state index in [9.17, 15) is 9.59 Å². The van der Waals surface area contributed by atoms with E-state index in [4.69, 9.17) is 9.47 Å².